The molecular weight excluding hydrogens is 548 g/mol. The van der Waals surface area contributed by atoms with Crippen molar-refractivity contribution in [2.75, 3.05) is 6.61 Å². The molecule has 3 aromatic rings. The van der Waals surface area contributed by atoms with E-state index in [1.807, 2.05) is 60.7 Å². The number of esters is 1. The molecule has 0 spiro atoms. The summed E-state index contributed by atoms with van der Waals surface area (Å²) in [4.78, 5) is 12.5. The number of hydrogen-bond acceptors (Lipinski definition) is 5. The van der Waals surface area contributed by atoms with Crippen molar-refractivity contribution in [3.05, 3.63) is 95.0 Å². The zero-order valence-electron chi connectivity index (χ0n) is 21.6. The van der Waals surface area contributed by atoms with Crippen LogP contribution in [0.3, 0.4) is 0 Å². The quantitative estimate of drug-likeness (QED) is 0.207. The highest BCUT2D eigenvalue weighted by atomic mass is 79.9. The van der Waals surface area contributed by atoms with E-state index in [1.165, 1.54) is 0 Å². The molecule has 1 heterocycles. The lowest BCUT2D eigenvalue weighted by Gasteiger charge is -2.45. The van der Waals surface area contributed by atoms with E-state index in [0.29, 0.717) is 19.6 Å². The number of aliphatic hydroxyl groups is 1. The van der Waals surface area contributed by atoms with Crippen molar-refractivity contribution in [2.45, 2.75) is 63.6 Å². The third kappa shape index (κ3) is 6.41. The summed E-state index contributed by atoms with van der Waals surface area (Å²) in [6.45, 7) is 7.37. The Morgan fingerprint density at radius 1 is 0.973 bits per heavy atom. The Morgan fingerprint density at radius 3 is 2.08 bits per heavy atom. The molecule has 0 radical (unpaired) electrons. The van der Waals surface area contributed by atoms with E-state index in [4.69, 9.17) is 13.9 Å². The molecule has 1 saturated heterocycles. The molecule has 0 aromatic heterocycles. The van der Waals surface area contributed by atoms with Gasteiger partial charge in [0.05, 0.1) is 25.2 Å². The first-order valence-corrected chi connectivity index (χ1v) is 15.4. The minimum Gasteiger partial charge on any atom is -0.457 e. The lowest BCUT2D eigenvalue weighted by atomic mass is 10.1. The SMILES string of the molecule is CC(C)(C)[Si](O[C@@H]1CC(=O)O[C@H]1[C@@H](O)CCOCc1ccc(Br)cc1)(c1ccccc1)c1ccccc1. The van der Waals surface area contributed by atoms with E-state index in [0.717, 1.165) is 20.4 Å². The summed E-state index contributed by atoms with van der Waals surface area (Å²) in [5.41, 5.74) is 1.05. The van der Waals surface area contributed by atoms with Crippen molar-refractivity contribution >= 4 is 40.6 Å². The second kappa shape index (κ2) is 12.0. The Labute approximate surface area is 229 Å². The molecule has 4 rings (SSSR count). The Morgan fingerprint density at radius 2 is 1.54 bits per heavy atom. The van der Waals surface area contributed by atoms with Crippen LogP contribution in [0.2, 0.25) is 5.04 Å². The average molecular weight is 584 g/mol. The van der Waals surface area contributed by atoms with Crippen LogP contribution in [0.15, 0.2) is 89.4 Å². The van der Waals surface area contributed by atoms with E-state index >= 15 is 0 Å². The van der Waals surface area contributed by atoms with Crippen molar-refractivity contribution in [1.82, 2.24) is 0 Å². The Hall–Kier alpha value is -2.29. The molecule has 1 aliphatic heterocycles. The van der Waals surface area contributed by atoms with Gasteiger partial charge >= 0.3 is 5.97 Å². The van der Waals surface area contributed by atoms with Gasteiger partial charge in [0.25, 0.3) is 8.32 Å². The molecular formula is C30H35BrO5Si. The number of cyclic esters (lactones) is 1. The maximum atomic E-state index is 12.5. The lowest BCUT2D eigenvalue weighted by Crippen LogP contribution is -2.68. The summed E-state index contributed by atoms with van der Waals surface area (Å²) >= 11 is 3.43. The smallest absolute Gasteiger partial charge is 0.308 e. The highest BCUT2D eigenvalue weighted by Crippen LogP contribution is 2.39. The van der Waals surface area contributed by atoms with Crippen molar-refractivity contribution in [2.24, 2.45) is 0 Å². The van der Waals surface area contributed by atoms with Crippen LogP contribution in [0.1, 0.15) is 39.2 Å². The number of aliphatic hydroxyl groups excluding tert-OH is 1. The molecule has 37 heavy (non-hydrogen) atoms. The van der Waals surface area contributed by atoms with Gasteiger partial charge < -0.3 is 19.0 Å². The predicted molar refractivity (Wildman–Crippen MR) is 151 cm³/mol. The zero-order valence-corrected chi connectivity index (χ0v) is 24.2. The molecule has 0 saturated carbocycles. The predicted octanol–water partition coefficient (Wildman–Crippen LogP) is 4.98. The van der Waals surface area contributed by atoms with E-state index < -0.39 is 26.6 Å². The third-order valence-corrected chi connectivity index (χ3v) is 12.5. The molecule has 0 amide bonds. The second-order valence-electron chi connectivity index (χ2n) is 10.5. The van der Waals surface area contributed by atoms with Gasteiger partial charge in [-0.3, -0.25) is 4.79 Å². The molecule has 7 heteroatoms. The fourth-order valence-electron chi connectivity index (χ4n) is 5.05. The second-order valence-corrected chi connectivity index (χ2v) is 15.7. The van der Waals surface area contributed by atoms with Gasteiger partial charge in [-0.2, -0.15) is 0 Å². The number of halogens is 1. The number of ether oxygens (including phenoxy) is 2. The molecule has 1 N–H and O–H groups in total. The van der Waals surface area contributed by atoms with Gasteiger partial charge in [-0.25, -0.2) is 0 Å². The van der Waals surface area contributed by atoms with Crippen molar-refractivity contribution in [3.63, 3.8) is 0 Å². The minimum absolute atomic E-state index is 0.117. The zero-order chi connectivity index (χ0) is 26.5. The molecule has 5 nitrogen and oxygen atoms in total. The van der Waals surface area contributed by atoms with Crippen LogP contribution in [0.25, 0.3) is 0 Å². The number of benzene rings is 3. The maximum Gasteiger partial charge on any atom is 0.308 e. The standard InChI is InChI=1S/C30H35BrO5Si/c1-30(2,3)37(24-10-6-4-7-11-24,25-12-8-5-9-13-25)36-27-20-28(33)35-29(27)26(32)18-19-34-21-22-14-16-23(31)17-15-22/h4-17,26-27,29,32H,18-21H2,1-3H3/t26-,27+,29-/m0/s1. The van der Waals surface area contributed by atoms with Gasteiger partial charge in [-0.1, -0.05) is 109 Å². The van der Waals surface area contributed by atoms with Gasteiger partial charge in [-0.05, 0) is 33.1 Å². The van der Waals surface area contributed by atoms with Crippen molar-refractivity contribution < 1.29 is 23.8 Å². The molecule has 3 aromatic carbocycles. The first-order chi connectivity index (χ1) is 17.7. The average Bonchev–Trinajstić information content (AvgIpc) is 3.26. The Balaban J connectivity index is 1.54. The van der Waals surface area contributed by atoms with Gasteiger partial charge in [0.1, 0.15) is 0 Å². The summed E-state index contributed by atoms with van der Waals surface area (Å²) in [5.74, 6) is -0.345. The summed E-state index contributed by atoms with van der Waals surface area (Å²) in [6, 6.07) is 28.5. The van der Waals surface area contributed by atoms with Crippen LogP contribution in [-0.2, 0) is 25.3 Å². The first kappa shape index (κ1) is 27.7. The Bertz CT molecular complexity index is 1110. The highest BCUT2D eigenvalue weighted by Gasteiger charge is 2.54. The molecule has 0 bridgehead atoms. The molecule has 196 valence electrons. The molecule has 0 aliphatic carbocycles. The first-order valence-electron chi connectivity index (χ1n) is 12.7. The molecule has 3 atom stereocenters. The normalized spacial score (nSPS) is 19.0. The van der Waals surface area contributed by atoms with Crippen molar-refractivity contribution in [3.8, 4) is 0 Å². The summed E-state index contributed by atoms with van der Waals surface area (Å²) < 4.78 is 19.6. The third-order valence-electron chi connectivity index (χ3n) is 6.87. The van der Waals surface area contributed by atoms with Crippen LogP contribution >= 0.6 is 15.9 Å². The monoisotopic (exact) mass is 582 g/mol. The maximum absolute atomic E-state index is 12.5. The molecule has 1 fully saturated rings. The molecule has 0 unspecified atom stereocenters. The van der Waals surface area contributed by atoms with Crippen LogP contribution in [0.5, 0.6) is 0 Å². The van der Waals surface area contributed by atoms with E-state index in [1.54, 1.807) is 0 Å². The Kier molecular flexibility index (Phi) is 9.03. The summed E-state index contributed by atoms with van der Waals surface area (Å²) in [7, 11) is -2.90. The topological polar surface area (TPSA) is 65.0 Å². The number of rotatable bonds is 10. The van der Waals surface area contributed by atoms with E-state index in [-0.39, 0.29) is 17.4 Å². The van der Waals surface area contributed by atoms with Gasteiger partial charge in [-0.15, -0.1) is 0 Å². The van der Waals surface area contributed by atoms with Gasteiger partial charge in [0.2, 0.25) is 0 Å². The fourth-order valence-corrected chi connectivity index (χ4v) is 10.00. The minimum atomic E-state index is -2.90. The van der Waals surface area contributed by atoms with Gasteiger partial charge in [0, 0.05) is 17.5 Å². The van der Waals surface area contributed by atoms with Crippen LogP contribution in [0.4, 0.5) is 0 Å². The van der Waals surface area contributed by atoms with Crippen LogP contribution < -0.4 is 10.4 Å². The summed E-state index contributed by atoms with van der Waals surface area (Å²) in [6.07, 6.45) is -1.73. The lowest BCUT2D eigenvalue weighted by molar-refractivity contribution is -0.147. The largest absolute Gasteiger partial charge is 0.457 e. The summed E-state index contributed by atoms with van der Waals surface area (Å²) in [5, 5.41) is 13.1. The number of carbonyl (C=O) groups is 1. The molecule has 1 aliphatic rings. The number of hydrogen-bond donors (Lipinski definition) is 1. The van der Waals surface area contributed by atoms with Crippen molar-refractivity contribution in [1.29, 1.82) is 0 Å². The highest BCUT2D eigenvalue weighted by molar-refractivity contribution is 9.10. The van der Waals surface area contributed by atoms with E-state index in [9.17, 15) is 9.90 Å². The van der Waals surface area contributed by atoms with Crippen LogP contribution in [-0.4, -0.2) is 44.3 Å². The van der Waals surface area contributed by atoms with E-state index in [2.05, 4.69) is 61.0 Å². The number of carbonyl (C=O) groups excluding carboxylic acids is 1. The fraction of sp³-hybridized carbons (Fsp3) is 0.367. The van der Waals surface area contributed by atoms with Crippen LogP contribution in [0, 0.1) is 0 Å². The van der Waals surface area contributed by atoms with Gasteiger partial charge in [0.15, 0.2) is 6.10 Å².